The molecule has 1 aliphatic rings. The van der Waals surface area contributed by atoms with Gasteiger partial charge in [0.1, 0.15) is 0 Å². The molecule has 5 nitrogen and oxygen atoms in total. The number of nitrogens with one attached hydrogen (secondary N) is 1. The smallest absolute Gasteiger partial charge is 0.293 e. The summed E-state index contributed by atoms with van der Waals surface area (Å²) in [4.78, 5) is 18.8. The molecule has 19 heavy (non-hydrogen) atoms. The summed E-state index contributed by atoms with van der Waals surface area (Å²) in [7, 11) is 2.14. The second-order valence-electron chi connectivity index (χ2n) is 5.86. The lowest BCUT2D eigenvalue weighted by Gasteiger charge is -2.35. The highest BCUT2D eigenvalue weighted by Crippen LogP contribution is 2.18. The van der Waals surface area contributed by atoms with Gasteiger partial charge in [-0.1, -0.05) is 6.92 Å². The van der Waals surface area contributed by atoms with Gasteiger partial charge in [0.15, 0.2) is 5.82 Å². The normalized spacial score (nSPS) is 24.7. The molecule has 1 aromatic heterocycles. The number of rotatable bonds is 3. The van der Waals surface area contributed by atoms with Crippen LogP contribution in [-0.4, -0.2) is 40.6 Å². The van der Waals surface area contributed by atoms with E-state index in [2.05, 4.69) is 29.2 Å². The third kappa shape index (κ3) is 3.15. The molecule has 0 amide bonds. The highest BCUT2D eigenvalue weighted by Gasteiger charge is 2.25. The second kappa shape index (κ2) is 5.74. The van der Waals surface area contributed by atoms with Crippen LogP contribution in [-0.2, 0) is 0 Å². The Hall–Kier alpha value is -1.36. The van der Waals surface area contributed by atoms with Crippen molar-refractivity contribution in [2.24, 2.45) is 5.92 Å². The third-order valence-corrected chi connectivity index (χ3v) is 3.85. The molecule has 106 valence electrons. The van der Waals surface area contributed by atoms with Gasteiger partial charge in [0.05, 0.1) is 0 Å². The number of anilines is 1. The summed E-state index contributed by atoms with van der Waals surface area (Å²) >= 11 is 0. The average Bonchev–Trinajstić information content (AvgIpc) is 2.34. The fraction of sp³-hybridized carbons (Fsp3) is 0.714. The van der Waals surface area contributed by atoms with Crippen LogP contribution in [0.1, 0.15) is 33.2 Å². The zero-order valence-electron chi connectivity index (χ0n) is 12.3. The van der Waals surface area contributed by atoms with E-state index in [4.69, 9.17) is 0 Å². The first-order valence-electron chi connectivity index (χ1n) is 7.01. The van der Waals surface area contributed by atoms with E-state index in [0.717, 1.165) is 19.5 Å². The Morgan fingerprint density at radius 3 is 2.84 bits per heavy atom. The molecule has 1 fully saturated rings. The van der Waals surface area contributed by atoms with Crippen LogP contribution in [0.2, 0.25) is 0 Å². The molecule has 0 spiro atoms. The van der Waals surface area contributed by atoms with Crippen LogP contribution < -0.4 is 10.9 Å². The van der Waals surface area contributed by atoms with Gasteiger partial charge in [-0.25, -0.2) is 4.98 Å². The Labute approximate surface area is 114 Å². The molecule has 0 aromatic carbocycles. The number of aromatic nitrogens is 2. The molecule has 1 saturated heterocycles. The Kier molecular flexibility index (Phi) is 4.24. The van der Waals surface area contributed by atoms with Crippen molar-refractivity contribution in [3.63, 3.8) is 0 Å². The van der Waals surface area contributed by atoms with Crippen LogP contribution in [0.25, 0.3) is 0 Å². The van der Waals surface area contributed by atoms with Crippen molar-refractivity contribution in [1.29, 1.82) is 0 Å². The zero-order valence-corrected chi connectivity index (χ0v) is 12.3. The van der Waals surface area contributed by atoms with Crippen molar-refractivity contribution in [1.82, 2.24) is 14.5 Å². The Bertz CT molecular complexity index is 483. The largest absolute Gasteiger partial charge is 0.362 e. The Balaban J connectivity index is 2.15. The number of piperidine rings is 1. The molecule has 2 rings (SSSR count). The minimum atomic E-state index is -0.0244. The summed E-state index contributed by atoms with van der Waals surface area (Å²) in [6.45, 7) is 8.35. The van der Waals surface area contributed by atoms with Gasteiger partial charge in [-0.15, -0.1) is 0 Å². The summed E-state index contributed by atoms with van der Waals surface area (Å²) in [6, 6.07) is 0.491. The summed E-state index contributed by atoms with van der Waals surface area (Å²) < 4.78 is 1.72. The zero-order chi connectivity index (χ0) is 14.0. The minimum Gasteiger partial charge on any atom is -0.362 e. The van der Waals surface area contributed by atoms with Crippen LogP contribution in [0, 0.1) is 5.92 Å². The maximum absolute atomic E-state index is 12.3. The van der Waals surface area contributed by atoms with E-state index in [-0.39, 0.29) is 11.6 Å². The molecular weight excluding hydrogens is 240 g/mol. The van der Waals surface area contributed by atoms with Crippen LogP contribution >= 0.6 is 0 Å². The quantitative estimate of drug-likeness (QED) is 0.900. The molecule has 1 aromatic rings. The Morgan fingerprint density at radius 1 is 1.47 bits per heavy atom. The standard InChI is InChI=1S/C14H24N4O/c1-10(2)18-8-6-15-13(14(18)19)16-12-5-7-17(4)9-11(12)3/h6,8,10-12H,5,7,9H2,1-4H3,(H,15,16). The topological polar surface area (TPSA) is 50.2 Å². The van der Waals surface area contributed by atoms with Gasteiger partial charge >= 0.3 is 0 Å². The lowest BCUT2D eigenvalue weighted by molar-refractivity contribution is 0.206. The third-order valence-electron chi connectivity index (χ3n) is 3.85. The van der Waals surface area contributed by atoms with Crippen LogP contribution in [0.4, 0.5) is 5.82 Å². The molecule has 0 radical (unpaired) electrons. The Morgan fingerprint density at radius 2 is 2.21 bits per heavy atom. The number of nitrogens with zero attached hydrogens (tertiary/aromatic N) is 3. The van der Waals surface area contributed by atoms with E-state index in [1.807, 2.05) is 13.8 Å². The van der Waals surface area contributed by atoms with Crippen molar-refractivity contribution >= 4 is 5.82 Å². The number of likely N-dealkylation sites (tertiary alicyclic amines) is 1. The number of hydrogen-bond donors (Lipinski definition) is 1. The molecule has 0 bridgehead atoms. The fourth-order valence-corrected chi connectivity index (χ4v) is 2.67. The van der Waals surface area contributed by atoms with Crippen molar-refractivity contribution in [3.05, 3.63) is 22.7 Å². The summed E-state index contributed by atoms with van der Waals surface area (Å²) in [6.07, 6.45) is 4.50. The summed E-state index contributed by atoms with van der Waals surface area (Å²) in [5.41, 5.74) is -0.0244. The molecule has 2 atom stereocenters. The van der Waals surface area contributed by atoms with E-state index >= 15 is 0 Å². The van der Waals surface area contributed by atoms with Gasteiger partial charge in [-0.05, 0) is 39.8 Å². The predicted octanol–water partition coefficient (Wildman–Crippen LogP) is 1.58. The van der Waals surface area contributed by atoms with Crippen molar-refractivity contribution in [2.45, 2.75) is 39.3 Å². The summed E-state index contributed by atoms with van der Waals surface area (Å²) in [5.74, 6) is 1.00. The van der Waals surface area contributed by atoms with Crippen LogP contribution in [0.3, 0.4) is 0 Å². The van der Waals surface area contributed by atoms with Crippen LogP contribution in [0.5, 0.6) is 0 Å². The van der Waals surface area contributed by atoms with Crippen molar-refractivity contribution in [3.8, 4) is 0 Å². The molecule has 1 aliphatic heterocycles. The summed E-state index contributed by atoms with van der Waals surface area (Å²) in [5, 5.41) is 3.34. The molecule has 2 heterocycles. The maximum atomic E-state index is 12.3. The molecule has 0 aliphatic carbocycles. The SMILES string of the molecule is CC1CN(C)CCC1Nc1nccn(C(C)C)c1=O. The van der Waals surface area contributed by atoms with Crippen LogP contribution in [0.15, 0.2) is 17.2 Å². The predicted molar refractivity (Wildman–Crippen MR) is 77.6 cm³/mol. The molecule has 0 saturated carbocycles. The lowest BCUT2D eigenvalue weighted by atomic mass is 9.94. The molecular formula is C14H24N4O. The van der Waals surface area contributed by atoms with Crippen molar-refractivity contribution < 1.29 is 0 Å². The van der Waals surface area contributed by atoms with E-state index in [1.54, 1.807) is 17.0 Å². The fourth-order valence-electron chi connectivity index (χ4n) is 2.67. The van der Waals surface area contributed by atoms with Gasteiger partial charge in [0, 0.05) is 31.0 Å². The maximum Gasteiger partial charge on any atom is 0.293 e. The second-order valence-corrected chi connectivity index (χ2v) is 5.86. The highest BCUT2D eigenvalue weighted by atomic mass is 16.1. The van der Waals surface area contributed by atoms with Gasteiger partial charge in [-0.2, -0.15) is 0 Å². The molecule has 5 heteroatoms. The van der Waals surface area contributed by atoms with E-state index in [0.29, 0.717) is 17.8 Å². The number of hydrogen-bond acceptors (Lipinski definition) is 4. The highest BCUT2D eigenvalue weighted by molar-refractivity contribution is 5.33. The first kappa shape index (κ1) is 14.1. The molecule has 1 N–H and O–H groups in total. The van der Waals surface area contributed by atoms with Gasteiger partial charge in [0.2, 0.25) is 0 Å². The van der Waals surface area contributed by atoms with E-state index < -0.39 is 0 Å². The lowest BCUT2D eigenvalue weighted by Crippen LogP contribution is -2.44. The van der Waals surface area contributed by atoms with E-state index in [9.17, 15) is 4.79 Å². The van der Waals surface area contributed by atoms with Gasteiger partial charge < -0.3 is 14.8 Å². The van der Waals surface area contributed by atoms with E-state index in [1.165, 1.54) is 0 Å². The van der Waals surface area contributed by atoms with Gasteiger partial charge in [0.25, 0.3) is 5.56 Å². The first-order valence-corrected chi connectivity index (χ1v) is 7.01. The van der Waals surface area contributed by atoms with Crippen molar-refractivity contribution in [2.75, 3.05) is 25.5 Å². The van der Waals surface area contributed by atoms with Gasteiger partial charge in [-0.3, -0.25) is 4.79 Å². The monoisotopic (exact) mass is 264 g/mol. The first-order chi connectivity index (χ1) is 8.99. The minimum absolute atomic E-state index is 0.0244. The molecule has 2 unspecified atom stereocenters. The average molecular weight is 264 g/mol.